The van der Waals surface area contributed by atoms with Gasteiger partial charge in [0, 0.05) is 5.41 Å². The first-order valence-corrected chi connectivity index (χ1v) is 3.27. The largest absolute Gasteiger partial charge is 0.396 e. The Balaban J connectivity index is 3.87. The molecule has 0 atom stereocenters. The van der Waals surface area contributed by atoms with E-state index in [2.05, 4.69) is 0 Å². The van der Waals surface area contributed by atoms with E-state index < -0.39 is 5.41 Å². The Morgan fingerprint density at radius 1 is 1.00 bits per heavy atom. The van der Waals surface area contributed by atoms with E-state index in [1.54, 1.807) is 0 Å². The van der Waals surface area contributed by atoms with Crippen LogP contribution >= 0.6 is 0 Å². The number of hydrogen-bond donors (Lipinski definition) is 4. The van der Waals surface area contributed by atoms with Crippen LogP contribution < -0.4 is 5.73 Å². The SMILES string of the molecule is NCCC(CO)(CO)CO. The summed E-state index contributed by atoms with van der Waals surface area (Å²) in [5.74, 6) is 0. The highest BCUT2D eigenvalue weighted by atomic mass is 16.3. The van der Waals surface area contributed by atoms with Crippen molar-refractivity contribution in [2.45, 2.75) is 6.42 Å². The van der Waals surface area contributed by atoms with Gasteiger partial charge < -0.3 is 21.1 Å². The fourth-order valence-electron chi connectivity index (χ4n) is 0.693. The second-order valence-electron chi connectivity index (χ2n) is 2.51. The Kier molecular flexibility index (Phi) is 4.55. The third-order valence-electron chi connectivity index (χ3n) is 1.68. The second kappa shape index (κ2) is 4.62. The van der Waals surface area contributed by atoms with Gasteiger partial charge in [0.2, 0.25) is 0 Å². The van der Waals surface area contributed by atoms with E-state index in [0.29, 0.717) is 13.0 Å². The zero-order chi connectivity index (χ0) is 8.04. The van der Waals surface area contributed by atoms with Gasteiger partial charge in [0.15, 0.2) is 0 Å². The fourth-order valence-corrected chi connectivity index (χ4v) is 0.693. The average molecular weight is 149 g/mol. The lowest BCUT2D eigenvalue weighted by Crippen LogP contribution is -2.36. The van der Waals surface area contributed by atoms with Crippen molar-refractivity contribution in [1.29, 1.82) is 0 Å². The summed E-state index contributed by atoms with van der Waals surface area (Å²) in [6.07, 6.45) is 0.441. The molecule has 0 aliphatic rings. The smallest absolute Gasteiger partial charge is 0.0532 e. The molecular formula is C6H15NO3. The Labute approximate surface area is 60.3 Å². The van der Waals surface area contributed by atoms with Crippen LogP contribution in [0.2, 0.25) is 0 Å². The summed E-state index contributed by atoms with van der Waals surface area (Å²) in [7, 11) is 0. The maximum atomic E-state index is 8.73. The van der Waals surface area contributed by atoms with E-state index in [4.69, 9.17) is 21.1 Å². The first kappa shape index (κ1) is 9.84. The molecule has 0 amide bonds. The topological polar surface area (TPSA) is 86.7 Å². The van der Waals surface area contributed by atoms with E-state index in [-0.39, 0.29) is 19.8 Å². The van der Waals surface area contributed by atoms with Gasteiger partial charge in [0.1, 0.15) is 0 Å². The maximum Gasteiger partial charge on any atom is 0.0532 e. The molecule has 4 nitrogen and oxygen atoms in total. The maximum absolute atomic E-state index is 8.73. The van der Waals surface area contributed by atoms with Gasteiger partial charge in [-0.2, -0.15) is 0 Å². The van der Waals surface area contributed by atoms with Crippen molar-refractivity contribution in [3.05, 3.63) is 0 Å². The standard InChI is InChI=1S/C6H15NO3/c7-2-1-6(3-8,4-9)5-10/h8-10H,1-5,7H2. The zero-order valence-corrected chi connectivity index (χ0v) is 5.95. The molecule has 4 heteroatoms. The van der Waals surface area contributed by atoms with E-state index in [9.17, 15) is 0 Å². The Morgan fingerprint density at radius 3 is 1.50 bits per heavy atom. The Bertz CT molecular complexity index is 74.8. The van der Waals surface area contributed by atoms with Gasteiger partial charge >= 0.3 is 0 Å². The minimum Gasteiger partial charge on any atom is -0.396 e. The molecule has 0 rings (SSSR count). The van der Waals surface area contributed by atoms with Crippen LogP contribution in [-0.2, 0) is 0 Å². The molecule has 0 radical (unpaired) electrons. The number of aliphatic hydroxyl groups is 3. The van der Waals surface area contributed by atoms with Crippen LogP contribution in [0.15, 0.2) is 0 Å². The summed E-state index contributed by atoms with van der Waals surface area (Å²) in [5.41, 5.74) is 4.43. The average Bonchev–Trinajstić information content (AvgIpc) is 2.01. The van der Waals surface area contributed by atoms with Crippen LogP contribution in [0.5, 0.6) is 0 Å². The molecule has 0 heterocycles. The number of hydrogen-bond acceptors (Lipinski definition) is 4. The van der Waals surface area contributed by atoms with Crippen molar-refractivity contribution in [3.8, 4) is 0 Å². The van der Waals surface area contributed by atoms with Crippen molar-refractivity contribution in [2.75, 3.05) is 26.4 Å². The van der Waals surface area contributed by atoms with Crippen molar-refractivity contribution < 1.29 is 15.3 Å². The molecular weight excluding hydrogens is 134 g/mol. The van der Waals surface area contributed by atoms with Crippen LogP contribution in [0.4, 0.5) is 0 Å². The first-order chi connectivity index (χ1) is 4.74. The van der Waals surface area contributed by atoms with Crippen LogP contribution in [0.3, 0.4) is 0 Å². The van der Waals surface area contributed by atoms with Gasteiger partial charge in [-0.15, -0.1) is 0 Å². The van der Waals surface area contributed by atoms with Gasteiger partial charge in [-0.3, -0.25) is 0 Å². The molecule has 0 saturated carbocycles. The lowest BCUT2D eigenvalue weighted by Gasteiger charge is -2.26. The van der Waals surface area contributed by atoms with E-state index in [1.807, 2.05) is 0 Å². The van der Waals surface area contributed by atoms with Crippen LogP contribution in [0.1, 0.15) is 6.42 Å². The Hall–Kier alpha value is -0.160. The highest BCUT2D eigenvalue weighted by molar-refractivity contribution is 4.76. The third-order valence-corrected chi connectivity index (χ3v) is 1.68. The van der Waals surface area contributed by atoms with Gasteiger partial charge in [0.25, 0.3) is 0 Å². The van der Waals surface area contributed by atoms with E-state index in [0.717, 1.165) is 0 Å². The first-order valence-electron chi connectivity index (χ1n) is 3.27. The quantitative estimate of drug-likeness (QED) is 0.375. The van der Waals surface area contributed by atoms with Crippen molar-refractivity contribution in [2.24, 2.45) is 11.1 Å². The molecule has 0 aromatic rings. The molecule has 0 bridgehead atoms. The fraction of sp³-hybridized carbons (Fsp3) is 1.00. The van der Waals surface area contributed by atoms with Crippen LogP contribution in [0, 0.1) is 5.41 Å². The van der Waals surface area contributed by atoms with E-state index >= 15 is 0 Å². The molecule has 10 heavy (non-hydrogen) atoms. The third kappa shape index (κ3) is 2.22. The highest BCUT2D eigenvalue weighted by Gasteiger charge is 2.26. The lowest BCUT2D eigenvalue weighted by molar-refractivity contribution is 0.00128. The molecule has 0 spiro atoms. The van der Waals surface area contributed by atoms with Crippen LogP contribution in [-0.4, -0.2) is 41.7 Å². The van der Waals surface area contributed by atoms with Crippen molar-refractivity contribution in [3.63, 3.8) is 0 Å². The molecule has 0 aromatic heterocycles. The number of nitrogens with two attached hydrogens (primary N) is 1. The van der Waals surface area contributed by atoms with Crippen LogP contribution in [0.25, 0.3) is 0 Å². The molecule has 0 unspecified atom stereocenters. The van der Waals surface area contributed by atoms with Gasteiger partial charge in [-0.1, -0.05) is 0 Å². The minimum absolute atomic E-state index is 0.225. The van der Waals surface area contributed by atoms with Gasteiger partial charge in [-0.25, -0.2) is 0 Å². The summed E-state index contributed by atoms with van der Waals surface area (Å²) in [5, 5.41) is 26.2. The number of aliphatic hydroxyl groups excluding tert-OH is 3. The molecule has 0 aliphatic carbocycles. The summed E-state index contributed by atoms with van der Waals surface area (Å²) < 4.78 is 0. The normalized spacial score (nSPS) is 12.0. The van der Waals surface area contributed by atoms with Gasteiger partial charge in [-0.05, 0) is 13.0 Å². The summed E-state index contributed by atoms with van der Waals surface area (Å²) >= 11 is 0. The summed E-state index contributed by atoms with van der Waals surface area (Å²) in [6.45, 7) is -0.312. The zero-order valence-electron chi connectivity index (χ0n) is 5.95. The minimum atomic E-state index is -0.783. The molecule has 62 valence electrons. The Morgan fingerprint density at radius 2 is 1.40 bits per heavy atom. The lowest BCUT2D eigenvalue weighted by atomic mass is 9.87. The monoisotopic (exact) mass is 149 g/mol. The summed E-state index contributed by atoms with van der Waals surface area (Å²) in [6, 6.07) is 0. The predicted octanol–water partition coefficient (Wildman–Crippen LogP) is -1.70. The predicted molar refractivity (Wildman–Crippen MR) is 37.4 cm³/mol. The second-order valence-corrected chi connectivity index (χ2v) is 2.51. The number of rotatable bonds is 5. The van der Waals surface area contributed by atoms with E-state index in [1.165, 1.54) is 0 Å². The van der Waals surface area contributed by atoms with Gasteiger partial charge in [0.05, 0.1) is 19.8 Å². The summed E-state index contributed by atoms with van der Waals surface area (Å²) in [4.78, 5) is 0. The van der Waals surface area contributed by atoms with Crippen molar-refractivity contribution >= 4 is 0 Å². The molecule has 5 N–H and O–H groups in total. The molecule has 0 fully saturated rings. The highest BCUT2D eigenvalue weighted by Crippen LogP contribution is 2.18. The molecule has 0 aromatic carbocycles. The van der Waals surface area contributed by atoms with Crippen molar-refractivity contribution in [1.82, 2.24) is 0 Å². The molecule has 0 saturated heterocycles. The molecule has 0 aliphatic heterocycles.